The third-order valence-corrected chi connectivity index (χ3v) is 4.29. The van der Waals surface area contributed by atoms with Crippen molar-refractivity contribution in [3.8, 4) is 0 Å². The van der Waals surface area contributed by atoms with E-state index in [2.05, 4.69) is 86.9 Å². The molecule has 1 atom stereocenters. The molecule has 122 valence electrons. The fourth-order valence-corrected chi connectivity index (χ4v) is 2.74. The Morgan fingerprint density at radius 1 is 0.913 bits per heavy atom. The van der Waals surface area contributed by atoms with Gasteiger partial charge in [0, 0.05) is 5.69 Å². The zero-order valence-electron chi connectivity index (χ0n) is 14.4. The summed E-state index contributed by atoms with van der Waals surface area (Å²) in [5, 5.41) is 7.23. The van der Waals surface area contributed by atoms with Crippen LogP contribution in [-0.2, 0) is 6.42 Å². The first-order valence-corrected chi connectivity index (χ1v) is 8.66. The molecule has 2 nitrogen and oxygen atoms in total. The Hall–Kier alpha value is -1.87. The summed E-state index contributed by atoms with van der Waals surface area (Å²) in [6, 6.07) is 17.3. The van der Waals surface area contributed by atoms with Gasteiger partial charge in [-0.25, -0.2) is 0 Å². The number of aryl methyl sites for hydroxylation is 1. The molecule has 2 N–H and O–H groups in total. The topological polar surface area (TPSA) is 24.1 Å². The minimum Gasteiger partial charge on any atom is -0.356 e. The molecule has 0 aromatic heterocycles. The minimum absolute atomic E-state index is 0.172. The van der Waals surface area contributed by atoms with Crippen LogP contribution in [0.25, 0.3) is 0 Å². The maximum absolute atomic E-state index is 5.42. The molecular formula is C20H26N2S. The van der Waals surface area contributed by atoms with Crippen LogP contribution in [0.4, 0.5) is 5.69 Å². The lowest BCUT2D eigenvalue weighted by molar-refractivity contribution is 0.721. The van der Waals surface area contributed by atoms with E-state index in [9.17, 15) is 0 Å². The second-order valence-corrected chi connectivity index (χ2v) is 6.60. The van der Waals surface area contributed by atoms with Crippen molar-refractivity contribution < 1.29 is 0 Å². The van der Waals surface area contributed by atoms with Gasteiger partial charge in [0.2, 0.25) is 0 Å². The molecule has 23 heavy (non-hydrogen) atoms. The van der Waals surface area contributed by atoms with E-state index in [4.69, 9.17) is 12.2 Å². The van der Waals surface area contributed by atoms with E-state index in [0.29, 0.717) is 11.0 Å². The molecule has 2 aromatic carbocycles. The summed E-state index contributed by atoms with van der Waals surface area (Å²) in [4.78, 5) is 0. The second-order valence-electron chi connectivity index (χ2n) is 6.19. The van der Waals surface area contributed by atoms with Crippen molar-refractivity contribution in [2.45, 2.75) is 46.1 Å². The van der Waals surface area contributed by atoms with Crippen LogP contribution in [0.3, 0.4) is 0 Å². The molecule has 0 aliphatic rings. The van der Waals surface area contributed by atoms with Crippen LogP contribution < -0.4 is 10.6 Å². The van der Waals surface area contributed by atoms with E-state index in [-0.39, 0.29) is 6.04 Å². The summed E-state index contributed by atoms with van der Waals surface area (Å²) in [5.41, 5.74) is 4.94. The van der Waals surface area contributed by atoms with Gasteiger partial charge in [-0.3, -0.25) is 0 Å². The first-order chi connectivity index (χ1) is 11.0. The van der Waals surface area contributed by atoms with E-state index in [1.807, 2.05) is 0 Å². The van der Waals surface area contributed by atoms with Crippen LogP contribution in [0.15, 0.2) is 48.5 Å². The highest BCUT2D eigenvalue weighted by atomic mass is 32.1. The predicted molar refractivity (Wildman–Crippen MR) is 104 cm³/mol. The average Bonchev–Trinajstić information content (AvgIpc) is 2.55. The van der Waals surface area contributed by atoms with Crippen molar-refractivity contribution in [1.29, 1.82) is 0 Å². The van der Waals surface area contributed by atoms with Crippen LogP contribution in [0.1, 0.15) is 56.3 Å². The molecule has 0 spiro atoms. The second kappa shape index (κ2) is 8.11. The van der Waals surface area contributed by atoms with Crippen molar-refractivity contribution in [2.24, 2.45) is 0 Å². The predicted octanol–water partition coefficient (Wildman–Crippen LogP) is 5.42. The fourth-order valence-electron chi connectivity index (χ4n) is 2.44. The molecule has 0 heterocycles. The number of hydrogen-bond donors (Lipinski definition) is 2. The van der Waals surface area contributed by atoms with Gasteiger partial charge in [-0.15, -0.1) is 0 Å². The number of anilines is 1. The van der Waals surface area contributed by atoms with Gasteiger partial charge in [0.25, 0.3) is 0 Å². The van der Waals surface area contributed by atoms with Gasteiger partial charge in [-0.1, -0.05) is 57.2 Å². The Balaban J connectivity index is 1.93. The molecule has 0 saturated heterocycles. The molecule has 0 saturated carbocycles. The Labute approximate surface area is 145 Å². The third kappa shape index (κ3) is 5.07. The Morgan fingerprint density at radius 2 is 1.48 bits per heavy atom. The van der Waals surface area contributed by atoms with Gasteiger partial charge in [-0.05, 0) is 60.3 Å². The van der Waals surface area contributed by atoms with Gasteiger partial charge >= 0.3 is 0 Å². The summed E-state index contributed by atoms with van der Waals surface area (Å²) in [7, 11) is 0. The molecular weight excluding hydrogens is 300 g/mol. The Kier molecular flexibility index (Phi) is 6.17. The SMILES string of the molecule is CCc1ccc(NC(=S)NC(C)c2ccc(C(C)C)cc2)cc1. The summed E-state index contributed by atoms with van der Waals surface area (Å²) < 4.78 is 0. The highest BCUT2D eigenvalue weighted by Gasteiger charge is 2.08. The zero-order chi connectivity index (χ0) is 16.8. The highest BCUT2D eigenvalue weighted by Crippen LogP contribution is 2.19. The van der Waals surface area contributed by atoms with Crippen LogP contribution in [-0.4, -0.2) is 5.11 Å². The molecule has 1 unspecified atom stereocenters. The molecule has 3 heteroatoms. The maximum atomic E-state index is 5.42. The molecule has 0 radical (unpaired) electrons. The van der Waals surface area contributed by atoms with Crippen molar-refractivity contribution in [1.82, 2.24) is 5.32 Å². The van der Waals surface area contributed by atoms with Gasteiger partial charge in [0.15, 0.2) is 5.11 Å². The largest absolute Gasteiger partial charge is 0.356 e. The van der Waals surface area contributed by atoms with Crippen LogP contribution in [0.5, 0.6) is 0 Å². The lowest BCUT2D eigenvalue weighted by atomic mass is 10.00. The van der Waals surface area contributed by atoms with Gasteiger partial charge in [-0.2, -0.15) is 0 Å². The number of rotatable bonds is 5. The Bertz CT molecular complexity index is 630. The van der Waals surface area contributed by atoms with E-state index in [1.165, 1.54) is 16.7 Å². The van der Waals surface area contributed by atoms with Crippen molar-refractivity contribution in [3.05, 3.63) is 65.2 Å². The van der Waals surface area contributed by atoms with Crippen LogP contribution in [0, 0.1) is 0 Å². The summed E-state index contributed by atoms with van der Waals surface area (Å²) in [6.45, 7) is 8.69. The molecule has 0 aliphatic carbocycles. The third-order valence-electron chi connectivity index (χ3n) is 4.07. The van der Waals surface area contributed by atoms with Gasteiger partial charge in [0.1, 0.15) is 0 Å². The molecule has 2 rings (SSSR count). The lowest BCUT2D eigenvalue weighted by Crippen LogP contribution is -2.30. The standard InChI is InChI=1S/C20H26N2S/c1-5-16-6-12-19(13-7-16)22-20(23)21-15(4)18-10-8-17(9-11-18)14(2)3/h6-15H,5H2,1-4H3,(H2,21,22,23). The van der Waals surface area contributed by atoms with Gasteiger partial charge in [0.05, 0.1) is 6.04 Å². The van der Waals surface area contributed by atoms with Crippen LogP contribution in [0.2, 0.25) is 0 Å². The number of hydrogen-bond acceptors (Lipinski definition) is 1. The van der Waals surface area contributed by atoms with E-state index < -0.39 is 0 Å². The normalized spacial score (nSPS) is 12.0. The van der Waals surface area contributed by atoms with Crippen molar-refractivity contribution in [2.75, 3.05) is 5.32 Å². The molecule has 0 amide bonds. The van der Waals surface area contributed by atoms with Gasteiger partial charge < -0.3 is 10.6 Å². The van der Waals surface area contributed by atoms with E-state index in [1.54, 1.807) is 0 Å². The summed E-state index contributed by atoms with van der Waals surface area (Å²) in [6.07, 6.45) is 1.05. The Morgan fingerprint density at radius 3 is 2.00 bits per heavy atom. The van der Waals surface area contributed by atoms with E-state index >= 15 is 0 Å². The van der Waals surface area contributed by atoms with Crippen molar-refractivity contribution in [3.63, 3.8) is 0 Å². The first-order valence-electron chi connectivity index (χ1n) is 8.26. The van der Waals surface area contributed by atoms with Crippen molar-refractivity contribution >= 4 is 23.0 Å². The molecule has 0 fully saturated rings. The lowest BCUT2D eigenvalue weighted by Gasteiger charge is -2.18. The maximum Gasteiger partial charge on any atom is 0.171 e. The van der Waals surface area contributed by atoms with Crippen LogP contribution >= 0.6 is 12.2 Å². The monoisotopic (exact) mass is 326 g/mol. The molecule has 2 aromatic rings. The zero-order valence-corrected chi connectivity index (χ0v) is 15.2. The fraction of sp³-hybridized carbons (Fsp3) is 0.350. The number of benzene rings is 2. The minimum atomic E-state index is 0.172. The summed E-state index contributed by atoms with van der Waals surface area (Å²) >= 11 is 5.42. The average molecular weight is 327 g/mol. The number of thiocarbonyl (C=S) groups is 1. The quantitative estimate of drug-likeness (QED) is 0.717. The first kappa shape index (κ1) is 17.5. The van der Waals surface area contributed by atoms with E-state index in [0.717, 1.165) is 12.1 Å². The highest BCUT2D eigenvalue weighted by molar-refractivity contribution is 7.80. The number of nitrogens with one attached hydrogen (secondary N) is 2. The molecule has 0 aliphatic heterocycles. The smallest absolute Gasteiger partial charge is 0.171 e. The summed E-state index contributed by atoms with van der Waals surface area (Å²) in [5.74, 6) is 0.557. The molecule has 0 bridgehead atoms.